The summed E-state index contributed by atoms with van der Waals surface area (Å²) in [4.78, 5) is 12.1. The van der Waals surface area contributed by atoms with Gasteiger partial charge >= 0.3 is 0 Å². The van der Waals surface area contributed by atoms with Crippen LogP contribution < -0.4 is 11.1 Å². The number of hydrogen-bond donors (Lipinski definition) is 2. The van der Waals surface area contributed by atoms with Gasteiger partial charge in [0.25, 0.3) is 5.91 Å². The fourth-order valence-corrected chi connectivity index (χ4v) is 2.36. The Morgan fingerprint density at radius 1 is 1.33 bits per heavy atom. The Hall–Kier alpha value is -1.29. The average Bonchev–Trinajstić information content (AvgIpc) is 2.60. The highest BCUT2D eigenvalue weighted by Gasteiger charge is 2.27. The van der Waals surface area contributed by atoms with E-state index in [0.717, 1.165) is 6.42 Å². The molecule has 0 saturated carbocycles. The van der Waals surface area contributed by atoms with Crippen molar-refractivity contribution in [3.05, 3.63) is 23.7 Å². The van der Waals surface area contributed by atoms with Gasteiger partial charge in [-0.15, -0.1) is 0 Å². The van der Waals surface area contributed by atoms with Crippen LogP contribution in [0.4, 0.5) is 0 Å². The molecule has 102 valence electrons. The summed E-state index contributed by atoms with van der Waals surface area (Å²) in [5.41, 5.74) is 5.88. The van der Waals surface area contributed by atoms with Crippen LogP contribution in [0.5, 0.6) is 0 Å². The number of rotatable bonds is 4. The summed E-state index contributed by atoms with van der Waals surface area (Å²) >= 11 is 0. The van der Waals surface area contributed by atoms with E-state index in [1.54, 1.807) is 6.07 Å². The summed E-state index contributed by atoms with van der Waals surface area (Å²) in [5.74, 6) is 0.501. The summed E-state index contributed by atoms with van der Waals surface area (Å²) in [7, 11) is 0. The molecule has 0 aromatic carbocycles. The second-order valence-electron chi connectivity index (χ2n) is 6.58. The van der Waals surface area contributed by atoms with Crippen LogP contribution in [0.2, 0.25) is 0 Å². The molecule has 0 bridgehead atoms. The van der Waals surface area contributed by atoms with Gasteiger partial charge in [0, 0.05) is 5.54 Å². The monoisotopic (exact) mass is 252 g/mol. The van der Waals surface area contributed by atoms with Gasteiger partial charge in [-0.2, -0.15) is 0 Å². The summed E-state index contributed by atoms with van der Waals surface area (Å²) in [6.07, 6.45) is 2.35. The lowest BCUT2D eigenvalue weighted by atomic mass is 9.81. The van der Waals surface area contributed by atoms with E-state index in [1.165, 1.54) is 6.26 Å². The minimum atomic E-state index is -0.254. The molecule has 0 aliphatic carbocycles. The second-order valence-corrected chi connectivity index (χ2v) is 6.58. The highest BCUT2D eigenvalue weighted by atomic mass is 16.3. The molecule has 1 heterocycles. The van der Waals surface area contributed by atoms with E-state index in [-0.39, 0.29) is 16.9 Å². The smallest absolute Gasteiger partial charge is 0.254 e. The summed E-state index contributed by atoms with van der Waals surface area (Å²) in [6, 6.07) is 1.68. The normalized spacial score (nSPS) is 12.6. The van der Waals surface area contributed by atoms with E-state index < -0.39 is 0 Å². The van der Waals surface area contributed by atoms with Crippen LogP contribution in [-0.4, -0.2) is 11.4 Å². The number of nitrogens with two attached hydrogens (primary N) is 1. The predicted molar refractivity (Wildman–Crippen MR) is 72.2 cm³/mol. The van der Waals surface area contributed by atoms with E-state index in [1.807, 2.05) is 13.8 Å². The van der Waals surface area contributed by atoms with Crippen molar-refractivity contribution in [1.82, 2.24) is 5.32 Å². The van der Waals surface area contributed by atoms with E-state index in [0.29, 0.717) is 17.9 Å². The molecular formula is C14H24N2O2. The lowest BCUT2D eigenvalue weighted by molar-refractivity contribution is 0.0891. The molecule has 1 aromatic heterocycles. The van der Waals surface area contributed by atoms with Gasteiger partial charge in [-0.1, -0.05) is 20.8 Å². The zero-order valence-electron chi connectivity index (χ0n) is 12.0. The van der Waals surface area contributed by atoms with E-state index >= 15 is 0 Å². The lowest BCUT2D eigenvalue weighted by Crippen LogP contribution is -2.45. The van der Waals surface area contributed by atoms with Crippen molar-refractivity contribution in [3.63, 3.8) is 0 Å². The Labute approximate surface area is 109 Å². The number of furan rings is 1. The standard InChI is InChI=1S/C14H24N2O2/c1-13(2,3)9-14(4,5)16-12(17)10-6-11(7-15)18-8-10/h6,8H,7,9,15H2,1-5H3,(H,16,17). The summed E-state index contributed by atoms with van der Waals surface area (Å²) < 4.78 is 5.16. The molecule has 0 fully saturated rings. The first-order valence-corrected chi connectivity index (χ1v) is 6.23. The summed E-state index contributed by atoms with van der Waals surface area (Å²) in [5, 5.41) is 3.03. The van der Waals surface area contributed by atoms with Crippen LogP contribution in [-0.2, 0) is 6.54 Å². The fraction of sp³-hybridized carbons (Fsp3) is 0.643. The first-order chi connectivity index (χ1) is 8.13. The number of carbonyl (C=O) groups is 1. The molecule has 0 unspecified atom stereocenters. The fourth-order valence-electron chi connectivity index (χ4n) is 2.36. The lowest BCUT2D eigenvalue weighted by Gasteiger charge is -2.33. The molecule has 0 saturated heterocycles. The maximum atomic E-state index is 12.1. The first kappa shape index (κ1) is 14.8. The third-order valence-corrected chi connectivity index (χ3v) is 2.54. The Morgan fingerprint density at radius 3 is 2.39 bits per heavy atom. The number of amides is 1. The van der Waals surface area contributed by atoms with Crippen LogP contribution in [0.25, 0.3) is 0 Å². The molecule has 3 N–H and O–H groups in total. The molecular weight excluding hydrogens is 228 g/mol. The van der Waals surface area contributed by atoms with Crippen molar-refractivity contribution >= 4 is 5.91 Å². The van der Waals surface area contributed by atoms with Gasteiger partial charge in [-0.3, -0.25) is 4.79 Å². The maximum Gasteiger partial charge on any atom is 0.254 e. The highest BCUT2D eigenvalue weighted by Crippen LogP contribution is 2.27. The molecule has 4 heteroatoms. The van der Waals surface area contributed by atoms with Crippen molar-refractivity contribution in [1.29, 1.82) is 0 Å². The van der Waals surface area contributed by atoms with Gasteiger partial charge < -0.3 is 15.5 Å². The Balaban J connectivity index is 2.69. The van der Waals surface area contributed by atoms with Crippen LogP contribution >= 0.6 is 0 Å². The molecule has 0 spiro atoms. The van der Waals surface area contributed by atoms with Crippen molar-refractivity contribution in [2.45, 2.75) is 53.1 Å². The molecule has 0 atom stereocenters. The minimum Gasteiger partial charge on any atom is -0.467 e. The minimum absolute atomic E-state index is 0.118. The predicted octanol–water partition coefficient (Wildman–Crippen LogP) is 2.68. The molecule has 0 radical (unpaired) electrons. The number of nitrogens with one attached hydrogen (secondary N) is 1. The van der Waals surface area contributed by atoms with Crippen LogP contribution in [0.3, 0.4) is 0 Å². The Morgan fingerprint density at radius 2 is 1.94 bits per heavy atom. The zero-order valence-corrected chi connectivity index (χ0v) is 12.0. The van der Waals surface area contributed by atoms with Gasteiger partial charge in [0.2, 0.25) is 0 Å². The van der Waals surface area contributed by atoms with E-state index in [9.17, 15) is 4.79 Å². The van der Waals surface area contributed by atoms with Crippen LogP contribution in [0.1, 0.15) is 57.2 Å². The Kier molecular flexibility index (Phi) is 4.22. The molecule has 1 rings (SSSR count). The van der Waals surface area contributed by atoms with Crippen LogP contribution in [0.15, 0.2) is 16.7 Å². The largest absolute Gasteiger partial charge is 0.467 e. The summed E-state index contributed by atoms with van der Waals surface area (Å²) in [6.45, 7) is 10.8. The van der Waals surface area contributed by atoms with E-state index in [4.69, 9.17) is 10.2 Å². The maximum absolute atomic E-state index is 12.1. The zero-order chi connectivity index (χ0) is 14.0. The van der Waals surface area contributed by atoms with Crippen molar-refractivity contribution < 1.29 is 9.21 Å². The Bertz CT molecular complexity index is 414. The number of carbonyl (C=O) groups excluding carboxylic acids is 1. The molecule has 1 amide bonds. The second kappa shape index (κ2) is 5.14. The first-order valence-electron chi connectivity index (χ1n) is 6.23. The SMILES string of the molecule is CC(C)(C)CC(C)(C)NC(=O)c1coc(CN)c1. The van der Waals surface area contributed by atoms with Crippen LogP contribution in [0, 0.1) is 5.41 Å². The van der Waals surface area contributed by atoms with Crippen molar-refractivity contribution in [2.75, 3.05) is 0 Å². The quantitative estimate of drug-likeness (QED) is 0.865. The molecule has 0 aliphatic rings. The van der Waals surface area contributed by atoms with Gasteiger partial charge in [0.1, 0.15) is 12.0 Å². The number of hydrogen-bond acceptors (Lipinski definition) is 3. The average molecular weight is 252 g/mol. The highest BCUT2D eigenvalue weighted by molar-refractivity contribution is 5.94. The third-order valence-electron chi connectivity index (χ3n) is 2.54. The van der Waals surface area contributed by atoms with Crippen molar-refractivity contribution in [3.8, 4) is 0 Å². The van der Waals surface area contributed by atoms with Crippen molar-refractivity contribution in [2.24, 2.45) is 11.1 Å². The van der Waals surface area contributed by atoms with E-state index in [2.05, 4.69) is 26.1 Å². The third kappa shape index (κ3) is 4.53. The molecule has 4 nitrogen and oxygen atoms in total. The molecule has 18 heavy (non-hydrogen) atoms. The van der Waals surface area contributed by atoms with Gasteiger partial charge in [0.15, 0.2) is 0 Å². The van der Waals surface area contributed by atoms with Gasteiger partial charge in [-0.05, 0) is 31.7 Å². The molecule has 1 aromatic rings. The van der Waals surface area contributed by atoms with Gasteiger partial charge in [-0.25, -0.2) is 0 Å². The molecule has 0 aliphatic heterocycles. The topological polar surface area (TPSA) is 68.3 Å². The van der Waals surface area contributed by atoms with Gasteiger partial charge in [0.05, 0.1) is 12.1 Å².